The molecule has 2 N–H and O–H groups in total. The van der Waals surface area contributed by atoms with E-state index in [2.05, 4.69) is 29.7 Å². The summed E-state index contributed by atoms with van der Waals surface area (Å²) in [7, 11) is 0. The lowest BCUT2D eigenvalue weighted by Gasteiger charge is -2.28. The summed E-state index contributed by atoms with van der Waals surface area (Å²) in [4.78, 5) is 12.4. The van der Waals surface area contributed by atoms with E-state index in [4.69, 9.17) is 4.74 Å². The van der Waals surface area contributed by atoms with Crippen LogP contribution in [0.3, 0.4) is 0 Å². The van der Waals surface area contributed by atoms with Crippen LogP contribution in [0.4, 0.5) is 0 Å². The van der Waals surface area contributed by atoms with Crippen molar-refractivity contribution in [3.8, 4) is 0 Å². The number of ether oxygens (including phenoxy) is 1. The van der Waals surface area contributed by atoms with Crippen molar-refractivity contribution in [3.63, 3.8) is 0 Å². The number of halogens is 1. The van der Waals surface area contributed by atoms with Crippen molar-refractivity contribution in [2.75, 3.05) is 19.7 Å². The first-order chi connectivity index (χ1) is 11.2. The van der Waals surface area contributed by atoms with Gasteiger partial charge in [-0.15, -0.1) is 12.4 Å². The van der Waals surface area contributed by atoms with Crippen molar-refractivity contribution in [3.05, 3.63) is 35.9 Å². The molecule has 0 aromatic heterocycles. The second kappa shape index (κ2) is 9.40. The molecule has 1 aromatic rings. The summed E-state index contributed by atoms with van der Waals surface area (Å²) < 4.78 is 5.85. The zero-order valence-corrected chi connectivity index (χ0v) is 15.2. The molecule has 4 nitrogen and oxygen atoms in total. The minimum absolute atomic E-state index is 0. The Balaban J connectivity index is 0.00000208. The number of hydrogen-bond donors (Lipinski definition) is 2. The first kappa shape index (κ1) is 19.2. The molecule has 0 radical (unpaired) electrons. The second-order valence-electron chi connectivity index (χ2n) is 6.95. The summed E-state index contributed by atoms with van der Waals surface area (Å²) in [5.74, 6) is 1.22. The number of rotatable bonds is 5. The molecule has 0 bridgehead atoms. The van der Waals surface area contributed by atoms with Crippen LogP contribution >= 0.6 is 12.4 Å². The Kier molecular flexibility index (Phi) is 7.53. The molecule has 24 heavy (non-hydrogen) atoms. The predicted octanol–water partition coefficient (Wildman–Crippen LogP) is 3.08. The van der Waals surface area contributed by atoms with E-state index in [1.807, 2.05) is 18.2 Å². The SMILES string of the molecule is CC(CC(=O)NC1CCOC1c1ccccc1)C1CCCNC1.Cl. The lowest BCUT2D eigenvalue weighted by Crippen LogP contribution is -2.39. The molecular formula is C19H29ClN2O2. The Bertz CT molecular complexity index is 505. The molecule has 1 amide bonds. The topological polar surface area (TPSA) is 50.4 Å². The van der Waals surface area contributed by atoms with Gasteiger partial charge in [0.2, 0.25) is 5.91 Å². The third kappa shape index (κ3) is 4.95. The summed E-state index contributed by atoms with van der Waals surface area (Å²) in [6.07, 6.45) is 3.96. The number of carbonyl (C=O) groups is 1. The van der Waals surface area contributed by atoms with Crippen LogP contribution in [0.1, 0.15) is 44.3 Å². The zero-order chi connectivity index (χ0) is 16.1. The van der Waals surface area contributed by atoms with Gasteiger partial charge in [0.25, 0.3) is 0 Å². The molecule has 2 aliphatic heterocycles. The van der Waals surface area contributed by atoms with Crippen molar-refractivity contribution < 1.29 is 9.53 Å². The average Bonchev–Trinajstić information content (AvgIpc) is 3.04. The Hall–Kier alpha value is -1.10. The fourth-order valence-electron chi connectivity index (χ4n) is 3.80. The third-order valence-electron chi connectivity index (χ3n) is 5.21. The van der Waals surface area contributed by atoms with Crippen LogP contribution in [0.5, 0.6) is 0 Å². The molecule has 2 fully saturated rings. The molecule has 0 aliphatic carbocycles. The highest BCUT2D eigenvalue weighted by molar-refractivity contribution is 5.85. The van der Waals surface area contributed by atoms with E-state index in [1.165, 1.54) is 12.8 Å². The van der Waals surface area contributed by atoms with Crippen LogP contribution in [-0.4, -0.2) is 31.6 Å². The predicted molar refractivity (Wildman–Crippen MR) is 98.3 cm³/mol. The molecule has 2 saturated heterocycles. The maximum absolute atomic E-state index is 12.4. The van der Waals surface area contributed by atoms with E-state index in [1.54, 1.807) is 0 Å². The number of benzene rings is 1. The van der Waals surface area contributed by atoms with Crippen LogP contribution in [-0.2, 0) is 9.53 Å². The van der Waals surface area contributed by atoms with Crippen LogP contribution in [0.15, 0.2) is 30.3 Å². The van der Waals surface area contributed by atoms with Gasteiger partial charge >= 0.3 is 0 Å². The molecule has 4 atom stereocenters. The number of piperidine rings is 1. The van der Waals surface area contributed by atoms with E-state index in [9.17, 15) is 4.79 Å². The smallest absolute Gasteiger partial charge is 0.220 e. The van der Waals surface area contributed by atoms with Crippen molar-refractivity contribution in [1.82, 2.24) is 10.6 Å². The van der Waals surface area contributed by atoms with E-state index in [-0.39, 0.29) is 30.5 Å². The van der Waals surface area contributed by atoms with E-state index in [0.717, 1.165) is 25.1 Å². The van der Waals surface area contributed by atoms with Gasteiger partial charge in [-0.1, -0.05) is 37.3 Å². The van der Waals surface area contributed by atoms with Crippen molar-refractivity contribution in [2.24, 2.45) is 11.8 Å². The van der Waals surface area contributed by atoms with Crippen molar-refractivity contribution in [1.29, 1.82) is 0 Å². The molecule has 3 rings (SSSR count). The highest BCUT2D eigenvalue weighted by Gasteiger charge is 2.31. The van der Waals surface area contributed by atoms with Crippen molar-refractivity contribution >= 4 is 18.3 Å². The quantitative estimate of drug-likeness (QED) is 0.856. The van der Waals surface area contributed by atoms with Crippen LogP contribution in [0, 0.1) is 11.8 Å². The van der Waals surface area contributed by atoms with E-state index < -0.39 is 0 Å². The van der Waals surface area contributed by atoms with Crippen LogP contribution in [0.25, 0.3) is 0 Å². The molecule has 134 valence electrons. The summed E-state index contributed by atoms with van der Waals surface area (Å²) >= 11 is 0. The summed E-state index contributed by atoms with van der Waals surface area (Å²) in [6, 6.07) is 10.3. The number of carbonyl (C=O) groups excluding carboxylic acids is 1. The molecule has 2 heterocycles. The van der Waals surface area contributed by atoms with Gasteiger partial charge < -0.3 is 15.4 Å². The highest BCUT2D eigenvalue weighted by atomic mass is 35.5. The monoisotopic (exact) mass is 352 g/mol. The Labute approximate surface area is 151 Å². The molecule has 4 unspecified atom stereocenters. The third-order valence-corrected chi connectivity index (χ3v) is 5.21. The van der Waals surface area contributed by atoms with Gasteiger partial charge in [-0.3, -0.25) is 4.79 Å². The van der Waals surface area contributed by atoms with E-state index in [0.29, 0.717) is 24.9 Å². The van der Waals surface area contributed by atoms with Gasteiger partial charge in [0, 0.05) is 13.0 Å². The molecule has 2 aliphatic rings. The lowest BCUT2D eigenvalue weighted by molar-refractivity contribution is -0.123. The fraction of sp³-hybridized carbons (Fsp3) is 0.632. The number of nitrogens with one attached hydrogen (secondary N) is 2. The minimum atomic E-state index is -0.00759. The van der Waals surface area contributed by atoms with E-state index >= 15 is 0 Å². The largest absolute Gasteiger partial charge is 0.371 e. The standard InChI is InChI=1S/C19H28N2O2.ClH/c1-14(16-8-5-10-20-13-16)12-18(22)21-17-9-11-23-19(17)15-6-3-2-4-7-15;/h2-4,6-7,14,16-17,19-20H,5,8-13H2,1H3,(H,21,22);1H. The summed E-state index contributed by atoms with van der Waals surface area (Å²) in [5.41, 5.74) is 1.15. The maximum atomic E-state index is 12.4. The molecule has 1 aromatic carbocycles. The van der Waals surface area contributed by atoms with Gasteiger partial charge in [-0.05, 0) is 49.8 Å². The summed E-state index contributed by atoms with van der Waals surface area (Å²) in [6.45, 7) is 5.09. The van der Waals surface area contributed by atoms with Crippen LogP contribution < -0.4 is 10.6 Å². The lowest BCUT2D eigenvalue weighted by atomic mass is 9.85. The van der Waals surface area contributed by atoms with Gasteiger partial charge in [0.15, 0.2) is 0 Å². The minimum Gasteiger partial charge on any atom is -0.371 e. The Morgan fingerprint density at radius 1 is 1.33 bits per heavy atom. The fourth-order valence-corrected chi connectivity index (χ4v) is 3.80. The number of hydrogen-bond acceptors (Lipinski definition) is 3. The zero-order valence-electron chi connectivity index (χ0n) is 14.4. The van der Waals surface area contributed by atoms with Gasteiger partial charge in [0.05, 0.1) is 6.04 Å². The highest BCUT2D eigenvalue weighted by Crippen LogP contribution is 2.29. The first-order valence-electron chi connectivity index (χ1n) is 8.90. The molecular weight excluding hydrogens is 324 g/mol. The molecule has 5 heteroatoms. The molecule has 0 saturated carbocycles. The van der Waals surface area contributed by atoms with Gasteiger partial charge in [-0.2, -0.15) is 0 Å². The summed E-state index contributed by atoms with van der Waals surface area (Å²) in [5, 5.41) is 6.65. The molecule has 0 spiro atoms. The maximum Gasteiger partial charge on any atom is 0.220 e. The van der Waals surface area contributed by atoms with Crippen LogP contribution in [0.2, 0.25) is 0 Å². The Morgan fingerprint density at radius 3 is 2.83 bits per heavy atom. The van der Waals surface area contributed by atoms with Gasteiger partial charge in [0.1, 0.15) is 6.10 Å². The van der Waals surface area contributed by atoms with Crippen molar-refractivity contribution in [2.45, 2.75) is 44.8 Å². The second-order valence-corrected chi connectivity index (χ2v) is 6.95. The Morgan fingerprint density at radius 2 is 2.12 bits per heavy atom. The first-order valence-corrected chi connectivity index (χ1v) is 8.90. The average molecular weight is 353 g/mol. The number of amides is 1. The normalized spacial score (nSPS) is 28.0. The van der Waals surface area contributed by atoms with Gasteiger partial charge in [-0.25, -0.2) is 0 Å².